The summed E-state index contributed by atoms with van der Waals surface area (Å²) >= 11 is 4.74. The van der Waals surface area contributed by atoms with Gasteiger partial charge in [0.15, 0.2) is 0 Å². The highest BCUT2D eigenvalue weighted by molar-refractivity contribution is 9.10. The van der Waals surface area contributed by atoms with Crippen LogP contribution in [0, 0.1) is 0 Å². The average molecular weight is 322 g/mol. The molecule has 0 aliphatic rings. The Labute approximate surface area is 115 Å². The first-order valence-corrected chi connectivity index (χ1v) is 6.83. The number of aromatic hydroxyl groups is 2. The lowest BCUT2D eigenvalue weighted by molar-refractivity contribution is 0.469. The van der Waals surface area contributed by atoms with E-state index in [1.54, 1.807) is 0 Å². The van der Waals surface area contributed by atoms with Crippen molar-refractivity contribution in [3.8, 4) is 22.1 Å². The van der Waals surface area contributed by atoms with Gasteiger partial charge in [-0.3, -0.25) is 0 Å². The van der Waals surface area contributed by atoms with Crippen LogP contribution in [0.2, 0.25) is 0 Å². The predicted octanol–water partition coefficient (Wildman–Crippen LogP) is 4.14. The summed E-state index contributed by atoms with van der Waals surface area (Å²) in [5, 5.41) is 20.2. The van der Waals surface area contributed by atoms with E-state index in [9.17, 15) is 10.2 Å². The molecule has 3 rings (SSSR count). The highest BCUT2D eigenvalue weighted by Gasteiger charge is 2.12. The third-order valence-corrected chi connectivity index (χ3v) is 4.25. The van der Waals surface area contributed by atoms with Gasteiger partial charge >= 0.3 is 0 Å². The molecule has 0 bridgehead atoms. The first-order valence-electron chi connectivity index (χ1n) is 5.22. The van der Waals surface area contributed by atoms with Crippen LogP contribution >= 0.6 is 27.3 Å². The molecule has 18 heavy (non-hydrogen) atoms. The molecule has 0 fully saturated rings. The van der Waals surface area contributed by atoms with Crippen molar-refractivity contribution < 1.29 is 10.2 Å². The van der Waals surface area contributed by atoms with Gasteiger partial charge in [-0.05, 0) is 24.3 Å². The minimum Gasteiger partial charge on any atom is -0.506 e. The average Bonchev–Trinajstić information content (AvgIpc) is 2.81. The molecule has 2 N–H and O–H groups in total. The Morgan fingerprint density at radius 3 is 2.28 bits per heavy atom. The highest BCUT2D eigenvalue weighted by Crippen LogP contribution is 2.39. The molecule has 0 saturated carbocycles. The molecule has 0 spiro atoms. The van der Waals surface area contributed by atoms with Crippen molar-refractivity contribution in [2.24, 2.45) is 0 Å². The molecule has 3 aromatic rings. The van der Waals surface area contributed by atoms with E-state index in [1.165, 1.54) is 23.5 Å². The van der Waals surface area contributed by atoms with Crippen LogP contribution in [0.25, 0.3) is 20.8 Å². The molecule has 0 aliphatic heterocycles. The number of phenolic OH excluding ortho intramolecular Hbond substituents is 2. The van der Waals surface area contributed by atoms with Crippen LogP contribution in [0.4, 0.5) is 0 Å². The molecular formula is C13H8BrNO2S. The molecule has 0 atom stereocenters. The molecule has 1 heterocycles. The van der Waals surface area contributed by atoms with Crippen LogP contribution in [0.1, 0.15) is 0 Å². The van der Waals surface area contributed by atoms with E-state index in [2.05, 4.69) is 20.9 Å². The van der Waals surface area contributed by atoms with Crippen LogP contribution in [0.3, 0.4) is 0 Å². The van der Waals surface area contributed by atoms with E-state index in [4.69, 9.17) is 0 Å². The Balaban J connectivity index is 2.22. The summed E-state index contributed by atoms with van der Waals surface area (Å²) in [6.07, 6.45) is 0. The Morgan fingerprint density at radius 2 is 1.61 bits per heavy atom. The van der Waals surface area contributed by atoms with E-state index in [0.717, 1.165) is 15.0 Å². The molecule has 5 heteroatoms. The standard InChI is InChI=1S/C13H8BrNO2S/c14-8-3-1-7(2-4-8)13-15-11-9(16)5-6-10(17)12(11)18-13/h1-6,16-17H. The van der Waals surface area contributed by atoms with Crippen molar-refractivity contribution in [3.05, 3.63) is 40.9 Å². The van der Waals surface area contributed by atoms with Crippen molar-refractivity contribution in [1.82, 2.24) is 4.98 Å². The van der Waals surface area contributed by atoms with Crippen molar-refractivity contribution >= 4 is 37.5 Å². The monoisotopic (exact) mass is 321 g/mol. The molecular weight excluding hydrogens is 314 g/mol. The Morgan fingerprint density at radius 1 is 0.944 bits per heavy atom. The van der Waals surface area contributed by atoms with Gasteiger partial charge in [-0.25, -0.2) is 4.98 Å². The lowest BCUT2D eigenvalue weighted by Crippen LogP contribution is -1.75. The first-order chi connectivity index (χ1) is 8.65. The molecule has 1 aromatic heterocycles. The maximum atomic E-state index is 9.75. The zero-order valence-electron chi connectivity index (χ0n) is 9.09. The zero-order chi connectivity index (χ0) is 12.7. The Bertz CT molecular complexity index is 683. The number of nitrogens with zero attached hydrogens (tertiary/aromatic N) is 1. The number of phenols is 2. The summed E-state index contributed by atoms with van der Waals surface area (Å²) in [4.78, 5) is 4.37. The number of aromatic nitrogens is 1. The zero-order valence-corrected chi connectivity index (χ0v) is 11.5. The predicted molar refractivity (Wildman–Crippen MR) is 76.1 cm³/mol. The maximum absolute atomic E-state index is 9.75. The summed E-state index contributed by atoms with van der Waals surface area (Å²) < 4.78 is 1.60. The van der Waals surface area contributed by atoms with Crippen molar-refractivity contribution in [2.45, 2.75) is 0 Å². The number of hydrogen-bond acceptors (Lipinski definition) is 4. The van der Waals surface area contributed by atoms with Gasteiger partial charge in [0.2, 0.25) is 0 Å². The van der Waals surface area contributed by atoms with E-state index in [0.29, 0.717) is 10.2 Å². The second-order valence-electron chi connectivity index (χ2n) is 3.81. The number of thiazole rings is 1. The summed E-state index contributed by atoms with van der Waals surface area (Å²) in [6, 6.07) is 10.7. The maximum Gasteiger partial charge on any atom is 0.142 e. The van der Waals surface area contributed by atoms with E-state index >= 15 is 0 Å². The summed E-state index contributed by atoms with van der Waals surface area (Å²) in [7, 11) is 0. The number of fused-ring (bicyclic) bond motifs is 1. The number of rotatable bonds is 1. The molecule has 0 aliphatic carbocycles. The summed E-state index contributed by atoms with van der Waals surface area (Å²) in [5.74, 6) is 0.228. The fourth-order valence-corrected chi connectivity index (χ4v) is 2.96. The van der Waals surface area contributed by atoms with Gasteiger partial charge in [-0.15, -0.1) is 11.3 Å². The summed E-state index contributed by atoms with van der Waals surface area (Å²) in [6.45, 7) is 0. The first kappa shape index (κ1) is 11.5. The molecule has 0 unspecified atom stereocenters. The second kappa shape index (κ2) is 4.26. The lowest BCUT2D eigenvalue weighted by atomic mass is 10.2. The fourth-order valence-electron chi connectivity index (χ4n) is 1.70. The third kappa shape index (κ3) is 1.85. The second-order valence-corrected chi connectivity index (χ2v) is 5.72. The van der Waals surface area contributed by atoms with Crippen molar-refractivity contribution in [1.29, 1.82) is 0 Å². The minimum atomic E-state index is 0.0856. The van der Waals surface area contributed by atoms with E-state index < -0.39 is 0 Å². The Kier molecular flexibility index (Phi) is 2.72. The van der Waals surface area contributed by atoms with Gasteiger partial charge in [-0.2, -0.15) is 0 Å². The molecule has 2 aromatic carbocycles. The highest BCUT2D eigenvalue weighted by atomic mass is 79.9. The normalized spacial score (nSPS) is 10.9. The Hall–Kier alpha value is -1.59. The van der Waals surface area contributed by atoms with Gasteiger partial charge in [0.05, 0.1) is 0 Å². The molecule has 3 nitrogen and oxygen atoms in total. The number of halogens is 1. The molecule has 0 amide bonds. The quantitative estimate of drug-likeness (QED) is 0.662. The van der Waals surface area contributed by atoms with Crippen molar-refractivity contribution in [3.63, 3.8) is 0 Å². The summed E-state index contributed by atoms with van der Waals surface area (Å²) in [5.41, 5.74) is 1.40. The van der Waals surface area contributed by atoms with Crippen LogP contribution in [0.15, 0.2) is 40.9 Å². The van der Waals surface area contributed by atoms with E-state index in [-0.39, 0.29) is 11.5 Å². The van der Waals surface area contributed by atoms with Crippen LogP contribution in [-0.2, 0) is 0 Å². The lowest BCUT2D eigenvalue weighted by Gasteiger charge is -1.95. The van der Waals surface area contributed by atoms with Gasteiger partial charge in [-0.1, -0.05) is 28.1 Å². The van der Waals surface area contributed by atoms with Gasteiger partial charge in [0.25, 0.3) is 0 Å². The SMILES string of the molecule is Oc1ccc(O)c2sc(-c3ccc(Br)cc3)nc12. The van der Waals surface area contributed by atoms with E-state index in [1.807, 2.05) is 24.3 Å². The minimum absolute atomic E-state index is 0.0856. The smallest absolute Gasteiger partial charge is 0.142 e. The van der Waals surface area contributed by atoms with Gasteiger partial charge in [0, 0.05) is 10.0 Å². The van der Waals surface area contributed by atoms with Gasteiger partial charge in [0.1, 0.15) is 26.7 Å². The van der Waals surface area contributed by atoms with Crippen LogP contribution in [-0.4, -0.2) is 15.2 Å². The van der Waals surface area contributed by atoms with Crippen LogP contribution in [0.5, 0.6) is 11.5 Å². The van der Waals surface area contributed by atoms with Crippen LogP contribution < -0.4 is 0 Å². The van der Waals surface area contributed by atoms with Crippen molar-refractivity contribution in [2.75, 3.05) is 0 Å². The largest absolute Gasteiger partial charge is 0.506 e. The number of benzene rings is 2. The third-order valence-electron chi connectivity index (χ3n) is 2.59. The number of hydrogen-bond donors (Lipinski definition) is 2. The molecule has 90 valence electrons. The molecule has 0 saturated heterocycles. The topological polar surface area (TPSA) is 53.4 Å². The molecule has 0 radical (unpaired) electrons. The van der Waals surface area contributed by atoms with Gasteiger partial charge < -0.3 is 10.2 Å². The fraction of sp³-hybridized carbons (Fsp3) is 0.